The van der Waals surface area contributed by atoms with E-state index in [1.54, 1.807) is 30.0 Å². The number of rotatable bonds is 4. The highest BCUT2D eigenvalue weighted by Gasteiger charge is 2.09. The second-order valence-corrected chi connectivity index (χ2v) is 5.56. The number of amides is 1. The normalized spacial score (nSPS) is 10.3. The van der Waals surface area contributed by atoms with E-state index in [0.717, 1.165) is 10.5 Å². The van der Waals surface area contributed by atoms with Gasteiger partial charge in [-0.05, 0) is 29.8 Å². The van der Waals surface area contributed by atoms with Crippen LogP contribution in [0.2, 0.25) is 5.02 Å². The Labute approximate surface area is 126 Å². The summed E-state index contributed by atoms with van der Waals surface area (Å²) in [4.78, 5) is 12.7. The van der Waals surface area contributed by atoms with Crippen molar-refractivity contribution in [1.82, 2.24) is 5.43 Å². The molecule has 0 aromatic heterocycles. The van der Waals surface area contributed by atoms with Gasteiger partial charge in [0.2, 0.25) is 0 Å². The molecule has 5 N–H and O–H groups in total. The fraction of sp³-hybridized carbons (Fsp3) is 0.0714. The van der Waals surface area contributed by atoms with E-state index in [9.17, 15) is 4.79 Å². The summed E-state index contributed by atoms with van der Waals surface area (Å²) in [7, 11) is 0. The standard InChI is InChI=1S/C14H14ClN3OS/c15-12-7-10(5-6-13(12)16)20-8-9-3-1-2-4-11(9)14(19)18-17/h1-7H,8,16-17H2,(H,18,19). The van der Waals surface area contributed by atoms with E-state index in [4.69, 9.17) is 23.2 Å². The van der Waals surface area contributed by atoms with Gasteiger partial charge in [0.15, 0.2) is 0 Å². The van der Waals surface area contributed by atoms with E-state index in [2.05, 4.69) is 5.43 Å². The average Bonchev–Trinajstić information content (AvgIpc) is 2.48. The number of carbonyl (C=O) groups is 1. The second kappa shape index (κ2) is 6.65. The third-order valence-corrected chi connectivity index (χ3v) is 4.13. The number of benzene rings is 2. The van der Waals surface area contributed by atoms with E-state index in [0.29, 0.717) is 22.0 Å². The van der Waals surface area contributed by atoms with Crippen molar-refractivity contribution in [2.24, 2.45) is 5.84 Å². The van der Waals surface area contributed by atoms with Crippen LogP contribution in [0.4, 0.5) is 5.69 Å². The molecule has 20 heavy (non-hydrogen) atoms. The summed E-state index contributed by atoms with van der Waals surface area (Å²) in [6, 6.07) is 12.8. The predicted molar refractivity (Wildman–Crippen MR) is 83.5 cm³/mol. The third kappa shape index (κ3) is 3.45. The van der Waals surface area contributed by atoms with Gasteiger partial charge in [-0.15, -0.1) is 11.8 Å². The van der Waals surface area contributed by atoms with Gasteiger partial charge in [-0.1, -0.05) is 29.8 Å². The first-order valence-corrected chi connectivity index (χ1v) is 7.25. The monoisotopic (exact) mass is 307 g/mol. The number of nitrogen functional groups attached to an aromatic ring is 2. The number of thioether (sulfide) groups is 1. The van der Waals surface area contributed by atoms with Crippen molar-refractivity contribution in [1.29, 1.82) is 0 Å². The Balaban J connectivity index is 2.14. The van der Waals surface area contributed by atoms with Gasteiger partial charge >= 0.3 is 0 Å². The minimum absolute atomic E-state index is 0.295. The lowest BCUT2D eigenvalue weighted by molar-refractivity contribution is 0.0953. The average molecular weight is 308 g/mol. The summed E-state index contributed by atoms with van der Waals surface area (Å²) in [5.41, 5.74) is 9.86. The lowest BCUT2D eigenvalue weighted by atomic mass is 10.1. The predicted octanol–water partition coefficient (Wildman–Crippen LogP) is 2.82. The van der Waals surface area contributed by atoms with Gasteiger partial charge in [0.25, 0.3) is 5.91 Å². The van der Waals surface area contributed by atoms with Gasteiger partial charge in [0.1, 0.15) is 0 Å². The fourth-order valence-electron chi connectivity index (χ4n) is 1.70. The molecule has 4 nitrogen and oxygen atoms in total. The quantitative estimate of drug-likeness (QED) is 0.267. The number of hydrazine groups is 1. The topological polar surface area (TPSA) is 81.1 Å². The van der Waals surface area contributed by atoms with Crippen LogP contribution in [-0.4, -0.2) is 5.91 Å². The van der Waals surface area contributed by atoms with Crippen LogP contribution in [0.5, 0.6) is 0 Å². The Morgan fingerprint density at radius 1 is 1.25 bits per heavy atom. The van der Waals surface area contributed by atoms with Gasteiger partial charge < -0.3 is 5.73 Å². The van der Waals surface area contributed by atoms with Gasteiger partial charge in [-0.2, -0.15) is 0 Å². The number of hydrogen-bond donors (Lipinski definition) is 3. The zero-order valence-electron chi connectivity index (χ0n) is 10.6. The maximum atomic E-state index is 11.7. The van der Waals surface area contributed by atoms with Gasteiger partial charge in [0, 0.05) is 16.2 Å². The SMILES string of the molecule is NNC(=O)c1ccccc1CSc1ccc(N)c(Cl)c1. The van der Waals surface area contributed by atoms with Crippen LogP contribution >= 0.6 is 23.4 Å². The molecule has 0 atom stereocenters. The molecule has 0 fully saturated rings. The first-order chi connectivity index (χ1) is 9.61. The van der Waals surface area contributed by atoms with E-state index in [1.165, 1.54) is 0 Å². The second-order valence-electron chi connectivity index (χ2n) is 4.10. The lowest BCUT2D eigenvalue weighted by Gasteiger charge is -2.08. The summed E-state index contributed by atoms with van der Waals surface area (Å²) < 4.78 is 0. The summed E-state index contributed by atoms with van der Waals surface area (Å²) in [6.07, 6.45) is 0. The van der Waals surface area contributed by atoms with Crippen molar-refractivity contribution in [3.05, 3.63) is 58.6 Å². The maximum Gasteiger partial charge on any atom is 0.265 e. The first kappa shape index (κ1) is 14.7. The molecule has 0 spiro atoms. The smallest absolute Gasteiger partial charge is 0.265 e. The zero-order chi connectivity index (χ0) is 14.5. The molecule has 2 aromatic carbocycles. The molecule has 6 heteroatoms. The van der Waals surface area contributed by atoms with Crippen molar-refractivity contribution in [2.75, 3.05) is 5.73 Å². The molecule has 2 aromatic rings. The van der Waals surface area contributed by atoms with Crippen LogP contribution in [0.1, 0.15) is 15.9 Å². The molecule has 0 heterocycles. The molecule has 2 rings (SSSR count). The van der Waals surface area contributed by atoms with E-state index < -0.39 is 0 Å². The molecule has 0 bridgehead atoms. The Hall–Kier alpha value is -1.69. The molecule has 0 saturated heterocycles. The molecular formula is C14H14ClN3OS. The summed E-state index contributed by atoms with van der Waals surface area (Å²) in [5.74, 6) is 5.53. The number of nitrogens with two attached hydrogens (primary N) is 2. The van der Waals surface area contributed by atoms with E-state index in [-0.39, 0.29) is 5.91 Å². The van der Waals surface area contributed by atoms with E-state index in [1.807, 2.05) is 24.3 Å². The minimum Gasteiger partial charge on any atom is -0.398 e. The molecule has 1 amide bonds. The zero-order valence-corrected chi connectivity index (χ0v) is 12.2. The number of anilines is 1. The number of hydrogen-bond acceptors (Lipinski definition) is 4. The molecule has 104 valence electrons. The van der Waals surface area contributed by atoms with Crippen LogP contribution in [0.15, 0.2) is 47.4 Å². The van der Waals surface area contributed by atoms with Gasteiger partial charge in [-0.3, -0.25) is 10.2 Å². The van der Waals surface area contributed by atoms with Crippen molar-refractivity contribution in [2.45, 2.75) is 10.6 Å². The lowest BCUT2D eigenvalue weighted by Crippen LogP contribution is -2.30. The molecule has 0 aliphatic carbocycles. The molecule has 0 aliphatic rings. The van der Waals surface area contributed by atoms with Crippen LogP contribution < -0.4 is 17.0 Å². The third-order valence-electron chi connectivity index (χ3n) is 2.76. The molecule has 0 radical (unpaired) electrons. The highest BCUT2D eigenvalue weighted by atomic mass is 35.5. The van der Waals surface area contributed by atoms with Crippen LogP contribution in [0.3, 0.4) is 0 Å². The van der Waals surface area contributed by atoms with Crippen LogP contribution in [0, 0.1) is 0 Å². The molecule has 0 saturated carbocycles. The largest absolute Gasteiger partial charge is 0.398 e. The van der Waals surface area contributed by atoms with Crippen molar-refractivity contribution < 1.29 is 4.79 Å². The van der Waals surface area contributed by atoms with Crippen molar-refractivity contribution in [3.63, 3.8) is 0 Å². The first-order valence-electron chi connectivity index (χ1n) is 5.88. The highest BCUT2D eigenvalue weighted by Crippen LogP contribution is 2.29. The highest BCUT2D eigenvalue weighted by molar-refractivity contribution is 7.98. The summed E-state index contributed by atoms with van der Waals surface area (Å²) in [5, 5.41) is 0.531. The Morgan fingerprint density at radius 3 is 2.70 bits per heavy atom. The van der Waals surface area contributed by atoms with E-state index >= 15 is 0 Å². The van der Waals surface area contributed by atoms with Crippen LogP contribution in [0.25, 0.3) is 0 Å². The van der Waals surface area contributed by atoms with Crippen LogP contribution in [-0.2, 0) is 5.75 Å². The number of carbonyl (C=O) groups excluding carboxylic acids is 1. The van der Waals surface area contributed by atoms with Gasteiger partial charge in [-0.25, -0.2) is 5.84 Å². The minimum atomic E-state index is -0.295. The van der Waals surface area contributed by atoms with Gasteiger partial charge in [0.05, 0.1) is 10.7 Å². The molecule has 0 unspecified atom stereocenters. The molecular weight excluding hydrogens is 294 g/mol. The molecule has 0 aliphatic heterocycles. The number of nitrogens with one attached hydrogen (secondary N) is 1. The summed E-state index contributed by atoms with van der Waals surface area (Å²) in [6.45, 7) is 0. The van der Waals surface area contributed by atoms with Crippen molar-refractivity contribution >= 4 is 35.0 Å². The Morgan fingerprint density at radius 2 is 2.00 bits per heavy atom. The maximum absolute atomic E-state index is 11.7. The fourth-order valence-corrected chi connectivity index (χ4v) is 2.89. The Kier molecular flexibility index (Phi) is 4.89. The Bertz CT molecular complexity index is 634. The van der Waals surface area contributed by atoms with Crippen molar-refractivity contribution in [3.8, 4) is 0 Å². The summed E-state index contributed by atoms with van der Waals surface area (Å²) >= 11 is 7.56. The number of halogens is 1.